The molecule has 0 bridgehead atoms. The first-order valence-electron chi connectivity index (χ1n) is 8.74. The summed E-state index contributed by atoms with van der Waals surface area (Å²) in [6.07, 6.45) is 11.7. The molecule has 0 aromatic carbocycles. The van der Waals surface area contributed by atoms with E-state index in [-0.39, 0.29) is 12.1 Å². The molecule has 0 aliphatic heterocycles. The van der Waals surface area contributed by atoms with Crippen molar-refractivity contribution in [3.05, 3.63) is 0 Å². The highest BCUT2D eigenvalue weighted by molar-refractivity contribution is 4.94. The fourth-order valence-corrected chi connectivity index (χ4v) is 3.66. The summed E-state index contributed by atoms with van der Waals surface area (Å²) in [7, 11) is 2.26. The Morgan fingerprint density at radius 1 is 1.20 bits per heavy atom. The second-order valence-corrected chi connectivity index (χ2v) is 7.23. The third-order valence-electron chi connectivity index (χ3n) is 5.31. The van der Waals surface area contributed by atoms with Crippen molar-refractivity contribution in [1.82, 2.24) is 10.2 Å². The second-order valence-electron chi connectivity index (χ2n) is 7.23. The van der Waals surface area contributed by atoms with E-state index in [1.807, 2.05) is 0 Å². The summed E-state index contributed by atoms with van der Waals surface area (Å²) in [4.78, 5) is 2.50. The van der Waals surface area contributed by atoms with E-state index in [4.69, 9.17) is 0 Å². The molecule has 1 unspecified atom stereocenters. The van der Waals surface area contributed by atoms with Gasteiger partial charge in [0.25, 0.3) is 0 Å². The Balaban J connectivity index is 1.66. The van der Waals surface area contributed by atoms with Crippen LogP contribution < -0.4 is 5.32 Å². The maximum absolute atomic E-state index is 9.77. The van der Waals surface area contributed by atoms with E-state index in [9.17, 15) is 5.11 Å². The highest BCUT2D eigenvalue weighted by Crippen LogP contribution is 2.27. The molecule has 0 heterocycles. The van der Waals surface area contributed by atoms with Gasteiger partial charge in [-0.3, -0.25) is 0 Å². The molecule has 0 spiro atoms. The first kappa shape index (κ1) is 16.3. The van der Waals surface area contributed by atoms with Crippen LogP contribution in [0.3, 0.4) is 0 Å². The number of rotatable bonds is 10. The maximum atomic E-state index is 9.77. The lowest BCUT2D eigenvalue weighted by Gasteiger charge is -2.33. The average molecular weight is 282 g/mol. The first-order chi connectivity index (χ1) is 9.67. The average Bonchev–Trinajstić information content (AvgIpc) is 3.11. The van der Waals surface area contributed by atoms with Crippen molar-refractivity contribution in [2.24, 2.45) is 5.92 Å². The fraction of sp³-hybridized carbons (Fsp3) is 1.00. The molecule has 2 aliphatic carbocycles. The molecule has 0 aromatic rings. The van der Waals surface area contributed by atoms with Crippen LogP contribution in [0.4, 0.5) is 0 Å². The molecular weight excluding hydrogens is 248 g/mol. The van der Waals surface area contributed by atoms with Crippen molar-refractivity contribution in [1.29, 1.82) is 0 Å². The SMILES string of the molecule is CCC(CO)(CCCN(C)CC1CCCC1)NC1CC1. The van der Waals surface area contributed by atoms with Crippen LogP contribution in [-0.4, -0.2) is 48.3 Å². The molecule has 1 atom stereocenters. The molecule has 118 valence electrons. The van der Waals surface area contributed by atoms with Gasteiger partial charge in [0.1, 0.15) is 0 Å². The molecule has 3 nitrogen and oxygen atoms in total. The molecule has 0 aromatic heterocycles. The van der Waals surface area contributed by atoms with Crippen LogP contribution in [0, 0.1) is 5.92 Å². The van der Waals surface area contributed by atoms with Gasteiger partial charge in [-0.2, -0.15) is 0 Å². The number of nitrogens with one attached hydrogen (secondary N) is 1. The quantitative estimate of drug-likeness (QED) is 0.647. The Bertz CT molecular complexity index is 268. The molecule has 3 heteroatoms. The molecular formula is C17H34N2O. The van der Waals surface area contributed by atoms with Crippen LogP contribution in [0.1, 0.15) is 64.7 Å². The summed E-state index contributed by atoms with van der Waals surface area (Å²) in [6, 6.07) is 0.679. The Kier molecular flexibility index (Phi) is 6.31. The van der Waals surface area contributed by atoms with Gasteiger partial charge in [-0.1, -0.05) is 19.8 Å². The van der Waals surface area contributed by atoms with Crippen LogP contribution in [-0.2, 0) is 0 Å². The van der Waals surface area contributed by atoms with Gasteiger partial charge in [-0.15, -0.1) is 0 Å². The van der Waals surface area contributed by atoms with Crippen LogP contribution in [0.25, 0.3) is 0 Å². The summed E-state index contributed by atoms with van der Waals surface area (Å²) in [5, 5.41) is 13.5. The highest BCUT2D eigenvalue weighted by atomic mass is 16.3. The van der Waals surface area contributed by atoms with Crippen molar-refractivity contribution in [2.45, 2.75) is 76.3 Å². The smallest absolute Gasteiger partial charge is 0.0613 e. The largest absolute Gasteiger partial charge is 0.394 e. The lowest BCUT2D eigenvalue weighted by molar-refractivity contribution is 0.137. The van der Waals surface area contributed by atoms with E-state index >= 15 is 0 Å². The topological polar surface area (TPSA) is 35.5 Å². The number of hydrogen-bond donors (Lipinski definition) is 2. The van der Waals surface area contributed by atoms with E-state index in [0.29, 0.717) is 6.04 Å². The van der Waals surface area contributed by atoms with Crippen molar-refractivity contribution >= 4 is 0 Å². The first-order valence-corrected chi connectivity index (χ1v) is 8.74. The van der Waals surface area contributed by atoms with E-state index < -0.39 is 0 Å². The highest BCUT2D eigenvalue weighted by Gasteiger charge is 2.33. The Labute approximate surface area is 125 Å². The van der Waals surface area contributed by atoms with Crippen LogP contribution in [0.2, 0.25) is 0 Å². The number of aliphatic hydroxyl groups excluding tert-OH is 1. The van der Waals surface area contributed by atoms with Crippen molar-refractivity contribution in [3.63, 3.8) is 0 Å². The van der Waals surface area contributed by atoms with Crippen molar-refractivity contribution in [2.75, 3.05) is 26.7 Å². The molecule has 2 N–H and O–H groups in total. The lowest BCUT2D eigenvalue weighted by atomic mass is 9.91. The molecule has 20 heavy (non-hydrogen) atoms. The Hall–Kier alpha value is -0.120. The van der Waals surface area contributed by atoms with Gasteiger partial charge in [0, 0.05) is 18.1 Å². The number of aliphatic hydroxyl groups is 1. The summed E-state index contributed by atoms with van der Waals surface area (Å²) >= 11 is 0. The minimum atomic E-state index is -0.0185. The summed E-state index contributed by atoms with van der Waals surface area (Å²) in [5.74, 6) is 0.943. The van der Waals surface area contributed by atoms with E-state index in [1.54, 1.807) is 0 Å². The summed E-state index contributed by atoms with van der Waals surface area (Å²) in [5.41, 5.74) is -0.0185. The molecule has 0 saturated heterocycles. The Morgan fingerprint density at radius 3 is 2.45 bits per heavy atom. The third kappa shape index (κ3) is 5.01. The molecule has 2 rings (SSSR count). The minimum absolute atomic E-state index is 0.0185. The molecule has 0 amide bonds. The van der Waals surface area contributed by atoms with Gasteiger partial charge in [-0.25, -0.2) is 0 Å². The normalized spacial score (nSPS) is 23.4. The monoisotopic (exact) mass is 282 g/mol. The zero-order chi connectivity index (χ0) is 14.4. The predicted molar refractivity (Wildman–Crippen MR) is 85.0 cm³/mol. The second kappa shape index (κ2) is 7.77. The lowest BCUT2D eigenvalue weighted by Crippen LogP contribution is -2.49. The van der Waals surface area contributed by atoms with Crippen LogP contribution >= 0.6 is 0 Å². The zero-order valence-corrected chi connectivity index (χ0v) is 13.5. The van der Waals surface area contributed by atoms with E-state index in [1.165, 1.54) is 58.0 Å². The van der Waals surface area contributed by atoms with Gasteiger partial charge in [0.2, 0.25) is 0 Å². The Morgan fingerprint density at radius 2 is 1.90 bits per heavy atom. The minimum Gasteiger partial charge on any atom is -0.394 e. The van der Waals surface area contributed by atoms with Gasteiger partial charge in [0.05, 0.1) is 6.61 Å². The van der Waals surface area contributed by atoms with Gasteiger partial charge in [0.15, 0.2) is 0 Å². The standard InChI is InChI=1S/C17H34N2O/c1-3-17(14-20,18-16-9-10-16)11-6-12-19(2)13-15-7-4-5-8-15/h15-16,18,20H,3-14H2,1-2H3. The van der Waals surface area contributed by atoms with Crippen molar-refractivity contribution in [3.8, 4) is 0 Å². The number of nitrogens with zero attached hydrogens (tertiary/aromatic N) is 1. The van der Waals surface area contributed by atoms with Gasteiger partial charge >= 0.3 is 0 Å². The number of hydrogen-bond acceptors (Lipinski definition) is 3. The predicted octanol–water partition coefficient (Wildman–Crippen LogP) is 2.78. The van der Waals surface area contributed by atoms with Crippen molar-refractivity contribution < 1.29 is 5.11 Å². The zero-order valence-electron chi connectivity index (χ0n) is 13.5. The fourth-order valence-electron chi connectivity index (χ4n) is 3.66. The van der Waals surface area contributed by atoms with Gasteiger partial charge in [-0.05, 0) is 64.5 Å². The third-order valence-corrected chi connectivity index (χ3v) is 5.31. The van der Waals surface area contributed by atoms with Gasteiger partial charge < -0.3 is 15.3 Å². The molecule has 2 fully saturated rings. The molecule has 2 aliphatic rings. The maximum Gasteiger partial charge on any atom is 0.0613 e. The van der Waals surface area contributed by atoms with Crippen LogP contribution in [0.5, 0.6) is 0 Å². The molecule has 0 radical (unpaired) electrons. The van der Waals surface area contributed by atoms with E-state index in [2.05, 4.69) is 24.2 Å². The van der Waals surface area contributed by atoms with Crippen LogP contribution in [0.15, 0.2) is 0 Å². The van der Waals surface area contributed by atoms with E-state index in [0.717, 1.165) is 18.8 Å². The summed E-state index contributed by atoms with van der Waals surface area (Å²) < 4.78 is 0. The molecule has 2 saturated carbocycles. The summed E-state index contributed by atoms with van der Waals surface area (Å²) in [6.45, 7) is 4.93.